The maximum Gasteiger partial charge on any atom is 0.165 e. The Bertz CT molecular complexity index is 534. The Morgan fingerprint density at radius 3 is 2.94 bits per heavy atom. The topological polar surface area (TPSA) is 50.2 Å². The summed E-state index contributed by atoms with van der Waals surface area (Å²) < 4.78 is 0. The van der Waals surface area contributed by atoms with E-state index in [1.54, 1.807) is 30.5 Å². The molecule has 0 fully saturated rings. The van der Waals surface area contributed by atoms with Gasteiger partial charge in [0.15, 0.2) is 5.78 Å². The summed E-state index contributed by atoms with van der Waals surface area (Å²) in [5.41, 5.74) is 1.18. The van der Waals surface area contributed by atoms with Gasteiger partial charge in [-0.1, -0.05) is 6.92 Å². The number of phenols is 1. The van der Waals surface area contributed by atoms with Crippen LogP contribution in [0.4, 0.5) is 0 Å². The maximum atomic E-state index is 11.8. The van der Waals surface area contributed by atoms with Gasteiger partial charge in [0.2, 0.25) is 0 Å². The highest BCUT2D eigenvalue weighted by Crippen LogP contribution is 2.26. The summed E-state index contributed by atoms with van der Waals surface area (Å²) in [7, 11) is 0. The Morgan fingerprint density at radius 1 is 1.38 bits per heavy atom. The molecule has 0 unspecified atom stereocenters. The van der Waals surface area contributed by atoms with E-state index in [1.807, 2.05) is 6.92 Å². The van der Waals surface area contributed by atoms with E-state index in [0.717, 1.165) is 6.42 Å². The van der Waals surface area contributed by atoms with Gasteiger partial charge in [0.1, 0.15) is 5.75 Å². The van der Waals surface area contributed by atoms with Crippen molar-refractivity contribution in [1.82, 2.24) is 4.98 Å². The number of pyridine rings is 1. The van der Waals surface area contributed by atoms with E-state index in [-0.39, 0.29) is 11.5 Å². The van der Waals surface area contributed by atoms with Crippen LogP contribution in [0.15, 0.2) is 30.5 Å². The molecule has 0 saturated carbocycles. The molecule has 2 rings (SSSR count). The van der Waals surface area contributed by atoms with E-state index < -0.39 is 0 Å². The predicted octanol–water partition coefficient (Wildman–Crippen LogP) is 2.92. The minimum atomic E-state index is 0.0752. The van der Waals surface area contributed by atoms with Gasteiger partial charge in [0.05, 0.1) is 5.52 Å². The van der Waals surface area contributed by atoms with Crippen molar-refractivity contribution >= 4 is 16.7 Å². The minimum Gasteiger partial charge on any atom is -0.507 e. The van der Waals surface area contributed by atoms with E-state index >= 15 is 0 Å². The summed E-state index contributed by atoms with van der Waals surface area (Å²) in [6, 6.07) is 6.70. The van der Waals surface area contributed by atoms with Crippen LogP contribution in [-0.4, -0.2) is 15.9 Å². The van der Waals surface area contributed by atoms with Crippen LogP contribution >= 0.6 is 0 Å². The number of nitrogens with zero attached hydrogens (tertiary/aromatic N) is 1. The van der Waals surface area contributed by atoms with Crippen molar-refractivity contribution in [3.8, 4) is 5.75 Å². The van der Waals surface area contributed by atoms with E-state index in [9.17, 15) is 9.90 Å². The van der Waals surface area contributed by atoms with Crippen LogP contribution in [0.5, 0.6) is 5.75 Å². The molecule has 0 amide bonds. The summed E-state index contributed by atoms with van der Waals surface area (Å²) in [5, 5.41) is 10.3. The molecule has 16 heavy (non-hydrogen) atoms. The van der Waals surface area contributed by atoms with Gasteiger partial charge in [-0.05, 0) is 30.7 Å². The highest BCUT2D eigenvalue weighted by molar-refractivity contribution is 6.07. The first-order valence-electron chi connectivity index (χ1n) is 5.34. The lowest BCUT2D eigenvalue weighted by atomic mass is 10.0. The maximum absolute atomic E-state index is 11.8. The summed E-state index contributed by atoms with van der Waals surface area (Å²) in [6.07, 6.45) is 2.95. The fourth-order valence-electron chi connectivity index (χ4n) is 1.74. The molecule has 0 spiro atoms. The van der Waals surface area contributed by atoms with Crippen LogP contribution < -0.4 is 0 Å². The Labute approximate surface area is 93.7 Å². The number of ketones is 1. The molecule has 1 aromatic carbocycles. The lowest BCUT2D eigenvalue weighted by Crippen LogP contribution is -2.00. The summed E-state index contributed by atoms with van der Waals surface area (Å²) in [5.74, 6) is 0.238. The second-order valence-corrected chi connectivity index (χ2v) is 3.70. The molecule has 0 atom stereocenters. The van der Waals surface area contributed by atoms with E-state index in [0.29, 0.717) is 22.9 Å². The second-order valence-electron chi connectivity index (χ2n) is 3.70. The summed E-state index contributed by atoms with van der Waals surface area (Å²) in [6.45, 7) is 1.97. The Kier molecular flexibility index (Phi) is 2.86. The molecule has 1 N–H and O–H groups in total. The van der Waals surface area contributed by atoms with E-state index in [2.05, 4.69) is 4.98 Å². The fourth-order valence-corrected chi connectivity index (χ4v) is 1.74. The zero-order valence-electron chi connectivity index (χ0n) is 9.10. The number of aromatic hydroxyl groups is 1. The van der Waals surface area contributed by atoms with Crippen LogP contribution in [0.25, 0.3) is 10.9 Å². The van der Waals surface area contributed by atoms with E-state index in [1.165, 1.54) is 0 Å². The third kappa shape index (κ3) is 1.76. The van der Waals surface area contributed by atoms with Crippen LogP contribution in [0, 0.1) is 0 Å². The molecule has 3 heteroatoms. The number of aromatic nitrogens is 1. The van der Waals surface area contributed by atoms with Gasteiger partial charge < -0.3 is 5.11 Å². The van der Waals surface area contributed by atoms with Crippen molar-refractivity contribution in [3.63, 3.8) is 0 Å². The molecule has 0 bridgehead atoms. The SMILES string of the molecule is CCCC(=O)c1ccc(O)c2cccnc12. The number of fused-ring (bicyclic) bond motifs is 1. The zero-order chi connectivity index (χ0) is 11.5. The van der Waals surface area contributed by atoms with Gasteiger partial charge in [0.25, 0.3) is 0 Å². The highest BCUT2D eigenvalue weighted by Gasteiger charge is 2.11. The third-order valence-corrected chi connectivity index (χ3v) is 2.52. The number of hydrogen-bond acceptors (Lipinski definition) is 3. The van der Waals surface area contributed by atoms with Crippen LogP contribution in [0.1, 0.15) is 30.1 Å². The molecular weight excluding hydrogens is 202 g/mol. The fraction of sp³-hybridized carbons (Fsp3) is 0.231. The number of phenolic OH excluding ortho intramolecular Hbond substituents is 1. The first-order valence-corrected chi connectivity index (χ1v) is 5.34. The molecule has 3 nitrogen and oxygen atoms in total. The van der Waals surface area contributed by atoms with Crippen molar-refractivity contribution in [2.45, 2.75) is 19.8 Å². The highest BCUT2D eigenvalue weighted by atomic mass is 16.3. The number of rotatable bonds is 3. The Morgan fingerprint density at radius 2 is 2.19 bits per heavy atom. The van der Waals surface area contributed by atoms with Gasteiger partial charge in [-0.15, -0.1) is 0 Å². The Balaban J connectivity index is 2.63. The molecule has 0 radical (unpaired) electrons. The molecule has 1 aromatic heterocycles. The smallest absolute Gasteiger partial charge is 0.165 e. The number of carbonyl (C=O) groups excluding carboxylic acids is 1. The molecular formula is C13H13NO2. The van der Waals surface area contributed by atoms with Gasteiger partial charge >= 0.3 is 0 Å². The third-order valence-electron chi connectivity index (χ3n) is 2.52. The monoisotopic (exact) mass is 215 g/mol. The minimum absolute atomic E-state index is 0.0752. The van der Waals surface area contributed by atoms with Crippen molar-refractivity contribution < 1.29 is 9.90 Å². The van der Waals surface area contributed by atoms with Crippen molar-refractivity contribution in [1.29, 1.82) is 0 Å². The van der Waals surface area contributed by atoms with Crippen LogP contribution in [0.3, 0.4) is 0 Å². The van der Waals surface area contributed by atoms with Gasteiger partial charge in [-0.2, -0.15) is 0 Å². The first-order chi connectivity index (χ1) is 7.74. The average molecular weight is 215 g/mol. The lowest BCUT2D eigenvalue weighted by Gasteiger charge is -2.05. The van der Waals surface area contributed by atoms with Crippen molar-refractivity contribution in [2.24, 2.45) is 0 Å². The number of carbonyl (C=O) groups is 1. The van der Waals surface area contributed by atoms with Gasteiger partial charge in [-0.25, -0.2) is 0 Å². The summed E-state index contributed by atoms with van der Waals surface area (Å²) in [4.78, 5) is 16.0. The molecule has 0 aliphatic heterocycles. The van der Waals surface area contributed by atoms with Crippen molar-refractivity contribution in [2.75, 3.05) is 0 Å². The molecule has 0 saturated heterocycles. The molecule has 0 aliphatic rings. The average Bonchev–Trinajstić information content (AvgIpc) is 2.30. The molecule has 0 aliphatic carbocycles. The predicted molar refractivity (Wildman–Crippen MR) is 62.6 cm³/mol. The molecule has 1 heterocycles. The number of Topliss-reactive ketones (excluding diaryl/α,β-unsaturated/α-hetero) is 1. The zero-order valence-corrected chi connectivity index (χ0v) is 9.10. The first kappa shape index (κ1) is 10.6. The number of hydrogen-bond donors (Lipinski definition) is 1. The normalized spacial score (nSPS) is 10.6. The summed E-state index contributed by atoms with van der Waals surface area (Å²) >= 11 is 0. The lowest BCUT2D eigenvalue weighted by molar-refractivity contribution is 0.0983. The van der Waals surface area contributed by atoms with E-state index in [4.69, 9.17) is 0 Å². The van der Waals surface area contributed by atoms with Gasteiger partial charge in [0, 0.05) is 23.6 Å². The standard InChI is InChI=1S/C13H13NO2/c1-2-4-11(15)10-6-7-12(16)9-5-3-8-14-13(9)10/h3,5-8,16H,2,4H2,1H3. The molecule has 82 valence electrons. The van der Waals surface area contributed by atoms with Crippen LogP contribution in [0.2, 0.25) is 0 Å². The largest absolute Gasteiger partial charge is 0.507 e. The van der Waals surface area contributed by atoms with Crippen LogP contribution in [-0.2, 0) is 0 Å². The molecule has 2 aromatic rings. The Hall–Kier alpha value is -1.90. The number of benzene rings is 1. The van der Waals surface area contributed by atoms with Crippen molar-refractivity contribution in [3.05, 3.63) is 36.0 Å². The van der Waals surface area contributed by atoms with Gasteiger partial charge in [-0.3, -0.25) is 9.78 Å². The quantitative estimate of drug-likeness (QED) is 0.801. The second kappa shape index (κ2) is 4.31.